The number of hydrogen-bond acceptors (Lipinski definition) is 5. The summed E-state index contributed by atoms with van der Waals surface area (Å²) in [6.07, 6.45) is -0.310. The number of benzene rings is 2. The first-order valence-corrected chi connectivity index (χ1v) is 9.02. The Labute approximate surface area is 144 Å². The molecule has 0 spiro atoms. The van der Waals surface area contributed by atoms with Crippen LogP contribution in [0.2, 0.25) is 5.02 Å². The zero-order valence-electron chi connectivity index (χ0n) is 12.6. The standard InChI is InChI=1S/C16H14ClNO5S/c1-24(21,22)13-9-11(7-8-12(13)17)16(20)23-14(15(18)19)10-5-3-2-4-6-10/h2-9,14H,1H3,(H2,18,19). The lowest BCUT2D eigenvalue weighted by atomic mass is 10.1. The van der Waals surface area contributed by atoms with E-state index in [2.05, 4.69) is 0 Å². The van der Waals surface area contributed by atoms with E-state index in [1.54, 1.807) is 30.3 Å². The Morgan fingerprint density at radius 2 is 1.75 bits per heavy atom. The molecule has 1 amide bonds. The molecule has 0 heterocycles. The van der Waals surface area contributed by atoms with E-state index in [4.69, 9.17) is 22.1 Å². The molecule has 0 aliphatic heterocycles. The SMILES string of the molecule is CS(=O)(=O)c1cc(C(=O)OC(C(N)=O)c2ccccc2)ccc1Cl. The number of hydrogen-bond donors (Lipinski definition) is 1. The molecule has 24 heavy (non-hydrogen) atoms. The summed E-state index contributed by atoms with van der Waals surface area (Å²) in [6.45, 7) is 0. The average molecular weight is 368 g/mol. The van der Waals surface area contributed by atoms with Gasteiger partial charge in [-0.3, -0.25) is 4.79 Å². The normalized spacial score (nSPS) is 12.4. The minimum atomic E-state index is -3.62. The maximum absolute atomic E-state index is 12.3. The van der Waals surface area contributed by atoms with Gasteiger partial charge in [-0.15, -0.1) is 0 Å². The van der Waals surface area contributed by atoms with Crippen LogP contribution < -0.4 is 5.73 Å². The summed E-state index contributed by atoms with van der Waals surface area (Å²) in [5.41, 5.74) is 5.64. The van der Waals surface area contributed by atoms with Crippen LogP contribution in [0.15, 0.2) is 53.4 Å². The maximum atomic E-state index is 12.3. The molecule has 2 rings (SSSR count). The van der Waals surface area contributed by atoms with Gasteiger partial charge in [-0.25, -0.2) is 13.2 Å². The molecule has 6 nitrogen and oxygen atoms in total. The van der Waals surface area contributed by atoms with Crippen LogP contribution in [0.25, 0.3) is 0 Å². The van der Waals surface area contributed by atoms with E-state index in [1.165, 1.54) is 12.1 Å². The third kappa shape index (κ3) is 4.12. The highest BCUT2D eigenvalue weighted by atomic mass is 35.5. The van der Waals surface area contributed by atoms with E-state index in [0.717, 1.165) is 12.3 Å². The van der Waals surface area contributed by atoms with Gasteiger partial charge in [0.1, 0.15) is 0 Å². The second-order valence-electron chi connectivity index (χ2n) is 5.02. The zero-order valence-corrected chi connectivity index (χ0v) is 14.2. The third-order valence-electron chi connectivity index (χ3n) is 3.15. The number of halogens is 1. The minimum Gasteiger partial charge on any atom is -0.444 e. The largest absolute Gasteiger partial charge is 0.444 e. The summed E-state index contributed by atoms with van der Waals surface area (Å²) < 4.78 is 28.5. The van der Waals surface area contributed by atoms with E-state index in [9.17, 15) is 18.0 Å². The van der Waals surface area contributed by atoms with Gasteiger partial charge in [0.25, 0.3) is 5.91 Å². The van der Waals surface area contributed by atoms with Crippen LogP contribution in [0.3, 0.4) is 0 Å². The van der Waals surface area contributed by atoms with Crippen LogP contribution in [0, 0.1) is 0 Å². The Balaban J connectivity index is 2.33. The van der Waals surface area contributed by atoms with Crippen LogP contribution >= 0.6 is 11.6 Å². The number of sulfone groups is 1. The summed E-state index contributed by atoms with van der Waals surface area (Å²) >= 11 is 5.83. The summed E-state index contributed by atoms with van der Waals surface area (Å²) in [5, 5.41) is -0.0106. The van der Waals surface area contributed by atoms with Crippen molar-refractivity contribution in [3.8, 4) is 0 Å². The van der Waals surface area contributed by atoms with Gasteiger partial charge in [0, 0.05) is 11.8 Å². The molecule has 0 radical (unpaired) electrons. The van der Waals surface area contributed by atoms with Crippen molar-refractivity contribution in [1.82, 2.24) is 0 Å². The van der Waals surface area contributed by atoms with Crippen LogP contribution in [0.1, 0.15) is 22.0 Å². The van der Waals surface area contributed by atoms with Crippen molar-refractivity contribution in [1.29, 1.82) is 0 Å². The first-order chi connectivity index (χ1) is 11.2. The fourth-order valence-corrected chi connectivity index (χ4v) is 3.31. The van der Waals surface area contributed by atoms with E-state index >= 15 is 0 Å². The molecule has 0 fully saturated rings. The van der Waals surface area contributed by atoms with Gasteiger partial charge in [0.05, 0.1) is 15.5 Å². The maximum Gasteiger partial charge on any atom is 0.339 e. The molecular weight excluding hydrogens is 354 g/mol. The lowest BCUT2D eigenvalue weighted by molar-refractivity contribution is -0.127. The summed E-state index contributed by atoms with van der Waals surface area (Å²) in [6, 6.07) is 11.9. The second-order valence-corrected chi connectivity index (χ2v) is 7.41. The molecule has 8 heteroatoms. The lowest BCUT2D eigenvalue weighted by Crippen LogP contribution is -2.26. The molecule has 0 aliphatic rings. The van der Waals surface area contributed by atoms with Crippen molar-refractivity contribution in [3.05, 3.63) is 64.7 Å². The number of primary amides is 1. The van der Waals surface area contributed by atoms with Gasteiger partial charge >= 0.3 is 5.97 Å². The Hall–Kier alpha value is -2.38. The first kappa shape index (κ1) is 18.0. The fraction of sp³-hybridized carbons (Fsp3) is 0.125. The predicted molar refractivity (Wildman–Crippen MR) is 88.4 cm³/mol. The summed E-state index contributed by atoms with van der Waals surface area (Å²) in [7, 11) is -3.62. The monoisotopic (exact) mass is 367 g/mol. The number of ether oxygens (including phenoxy) is 1. The first-order valence-electron chi connectivity index (χ1n) is 6.75. The third-order valence-corrected chi connectivity index (χ3v) is 4.73. The topological polar surface area (TPSA) is 104 Å². The molecule has 0 aromatic heterocycles. The number of nitrogens with two attached hydrogens (primary N) is 1. The van der Waals surface area contributed by atoms with Crippen LogP contribution in [-0.4, -0.2) is 26.6 Å². The molecule has 0 aliphatic carbocycles. The Morgan fingerprint density at radius 1 is 1.12 bits per heavy atom. The Morgan fingerprint density at radius 3 is 2.29 bits per heavy atom. The second kappa shape index (κ2) is 7.02. The van der Waals surface area contributed by atoms with Crippen LogP contribution in [-0.2, 0) is 19.4 Å². The smallest absolute Gasteiger partial charge is 0.339 e. The van der Waals surface area contributed by atoms with Crippen molar-refractivity contribution >= 4 is 33.3 Å². The van der Waals surface area contributed by atoms with Crippen molar-refractivity contribution in [2.45, 2.75) is 11.0 Å². The number of rotatable bonds is 5. The van der Waals surface area contributed by atoms with Crippen molar-refractivity contribution in [2.24, 2.45) is 5.73 Å². The van der Waals surface area contributed by atoms with Crippen molar-refractivity contribution in [3.63, 3.8) is 0 Å². The predicted octanol–water partition coefficient (Wildman–Crippen LogP) is 2.13. The number of amides is 1. The quantitative estimate of drug-likeness (QED) is 0.815. The van der Waals surface area contributed by atoms with Gasteiger partial charge in [-0.1, -0.05) is 41.9 Å². The molecule has 1 atom stereocenters. The molecule has 2 aromatic carbocycles. The Kier molecular flexibility index (Phi) is 5.26. The molecule has 0 saturated carbocycles. The molecular formula is C16H14ClNO5S. The van der Waals surface area contributed by atoms with Gasteiger partial charge < -0.3 is 10.5 Å². The van der Waals surface area contributed by atoms with Crippen molar-refractivity contribution < 1.29 is 22.7 Å². The lowest BCUT2D eigenvalue weighted by Gasteiger charge is -2.15. The van der Waals surface area contributed by atoms with Gasteiger partial charge in [-0.05, 0) is 18.2 Å². The number of esters is 1. The molecule has 1 unspecified atom stereocenters. The molecule has 126 valence electrons. The van der Waals surface area contributed by atoms with E-state index in [-0.39, 0.29) is 15.5 Å². The molecule has 2 N–H and O–H groups in total. The van der Waals surface area contributed by atoms with E-state index < -0.39 is 27.8 Å². The highest BCUT2D eigenvalue weighted by molar-refractivity contribution is 7.90. The van der Waals surface area contributed by atoms with E-state index in [0.29, 0.717) is 5.56 Å². The zero-order chi connectivity index (χ0) is 17.9. The highest BCUT2D eigenvalue weighted by Crippen LogP contribution is 2.24. The summed E-state index contributed by atoms with van der Waals surface area (Å²) in [5.74, 6) is -1.73. The Bertz CT molecular complexity index is 881. The van der Waals surface area contributed by atoms with Crippen LogP contribution in [0.4, 0.5) is 0 Å². The van der Waals surface area contributed by atoms with E-state index in [1.807, 2.05) is 0 Å². The number of carbonyl (C=O) groups excluding carboxylic acids is 2. The summed E-state index contributed by atoms with van der Waals surface area (Å²) in [4.78, 5) is 23.6. The molecule has 2 aromatic rings. The average Bonchev–Trinajstić information content (AvgIpc) is 2.52. The molecule has 0 saturated heterocycles. The highest BCUT2D eigenvalue weighted by Gasteiger charge is 2.24. The van der Waals surface area contributed by atoms with Crippen LogP contribution in [0.5, 0.6) is 0 Å². The van der Waals surface area contributed by atoms with Gasteiger partial charge in [0.2, 0.25) is 6.10 Å². The van der Waals surface area contributed by atoms with Gasteiger partial charge in [-0.2, -0.15) is 0 Å². The number of carbonyl (C=O) groups is 2. The fourth-order valence-electron chi connectivity index (χ4n) is 2.01. The minimum absolute atomic E-state index is 0.0106. The van der Waals surface area contributed by atoms with Gasteiger partial charge in [0.15, 0.2) is 9.84 Å². The van der Waals surface area contributed by atoms with Crippen molar-refractivity contribution in [2.75, 3.05) is 6.26 Å². The molecule has 0 bridgehead atoms.